The van der Waals surface area contributed by atoms with Gasteiger partial charge in [-0.25, -0.2) is 0 Å². The monoisotopic (exact) mass is 219 g/mol. The summed E-state index contributed by atoms with van der Waals surface area (Å²) in [5.74, 6) is 0.0144. The Bertz CT molecular complexity index is 390. The maximum absolute atomic E-state index is 11.0. The lowest BCUT2D eigenvalue weighted by Gasteiger charge is -2.09. The van der Waals surface area contributed by atoms with Gasteiger partial charge in [0.2, 0.25) is 5.91 Å². The maximum Gasteiger partial charge on any atom is 0.233 e. The van der Waals surface area contributed by atoms with Gasteiger partial charge in [-0.3, -0.25) is 4.79 Å². The van der Waals surface area contributed by atoms with Crippen molar-refractivity contribution in [1.82, 2.24) is 10.6 Å². The third-order valence-corrected chi connectivity index (χ3v) is 2.81. The first kappa shape index (κ1) is 11.0. The minimum absolute atomic E-state index is 0.0144. The van der Waals surface area contributed by atoms with Crippen LogP contribution in [0.5, 0.6) is 0 Å². The second-order valence-electron chi connectivity index (χ2n) is 3.90. The molecular formula is C12H17N3O. The Balaban J connectivity index is 1.95. The third kappa shape index (κ3) is 2.33. The first-order valence-electron chi connectivity index (χ1n) is 5.57. The molecule has 0 bridgehead atoms. The molecule has 2 rings (SSSR count). The zero-order valence-electron chi connectivity index (χ0n) is 9.47. The lowest BCUT2D eigenvalue weighted by atomic mass is 10.1. The van der Waals surface area contributed by atoms with E-state index in [-0.39, 0.29) is 5.91 Å². The molecule has 0 aliphatic carbocycles. The van der Waals surface area contributed by atoms with Crippen LogP contribution in [-0.2, 0) is 17.8 Å². The molecule has 4 nitrogen and oxygen atoms in total. The molecule has 0 atom stereocenters. The van der Waals surface area contributed by atoms with Crippen LogP contribution >= 0.6 is 0 Å². The summed E-state index contributed by atoms with van der Waals surface area (Å²) >= 11 is 0. The molecular weight excluding hydrogens is 202 g/mol. The van der Waals surface area contributed by atoms with E-state index in [2.05, 4.69) is 34.1 Å². The largest absolute Gasteiger partial charge is 0.384 e. The fourth-order valence-corrected chi connectivity index (χ4v) is 1.96. The summed E-state index contributed by atoms with van der Waals surface area (Å²) in [6.07, 6.45) is 1.10. The molecule has 4 heteroatoms. The Morgan fingerprint density at radius 2 is 2.38 bits per heavy atom. The minimum atomic E-state index is 0.0144. The van der Waals surface area contributed by atoms with E-state index in [4.69, 9.17) is 0 Å². The minimum Gasteiger partial charge on any atom is -0.384 e. The van der Waals surface area contributed by atoms with Crippen molar-refractivity contribution in [2.24, 2.45) is 0 Å². The molecule has 1 heterocycles. The summed E-state index contributed by atoms with van der Waals surface area (Å²) in [7, 11) is 1.64. The summed E-state index contributed by atoms with van der Waals surface area (Å²) in [5.41, 5.74) is 3.85. The van der Waals surface area contributed by atoms with Crippen LogP contribution in [0.25, 0.3) is 0 Å². The highest BCUT2D eigenvalue weighted by atomic mass is 16.1. The zero-order valence-corrected chi connectivity index (χ0v) is 9.47. The molecule has 0 fully saturated rings. The molecule has 0 aromatic heterocycles. The Morgan fingerprint density at radius 1 is 1.50 bits per heavy atom. The molecule has 16 heavy (non-hydrogen) atoms. The molecule has 1 aromatic carbocycles. The highest BCUT2D eigenvalue weighted by molar-refractivity contribution is 5.77. The molecule has 1 aliphatic rings. The topological polar surface area (TPSA) is 53.2 Å². The fraction of sp³-hybridized carbons (Fsp3) is 0.417. The number of carbonyl (C=O) groups is 1. The van der Waals surface area contributed by atoms with Gasteiger partial charge in [0.25, 0.3) is 0 Å². The summed E-state index contributed by atoms with van der Waals surface area (Å²) in [6.45, 7) is 2.10. The van der Waals surface area contributed by atoms with E-state index in [1.54, 1.807) is 7.05 Å². The number of benzene rings is 1. The standard InChI is InChI=1S/C12H17N3O/c1-13-11(16)8-14-7-10-4-2-3-9-5-6-15-12(9)10/h2-4,14-15H,5-8H2,1H3,(H,13,16). The number of fused-ring (bicyclic) bond motifs is 1. The van der Waals surface area contributed by atoms with Crippen LogP contribution in [0.1, 0.15) is 11.1 Å². The van der Waals surface area contributed by atoms with Crippen molar-refractivity contribution < 1.29 is 4.79 Å². The Labute approximate surface area is 95.4 Å². The smallest absolute Gasteiger partial charge is 0.233 e. The van der Waals surface area contributed by atoms with Gasteiger partial charge in [0, 0.05) is 25.8 Å². The predicted molar refractivity (Wildman–Crippen MR) is 64.4 cm³/mol. The molecule has 0 saturated heterocycles. The van der Waals surface area contributed by atoms with Crippen LogP contribution in [0.15, 0.2) is 18.2 Å². The highest BCUT2D eigenvalue weighted by Gasteiger charge is 2.12. The summed E-state index contributed by atoms with van der Waals surface area (Å²) in [6, 6.07) is 6.31. The van der Waals surface area contributed by atoms with Crippen molar-refractivity contribution in [1.29, 1.82) is 0 Å². The number of rotatable bonds is 4. The summed E-state index contributed by atoms with van der Waals surface area (Å²) in [5, 5.41) is 9.10. The second-order valence-corrected chi connectivity index (χ2v) is 3.90. The van der Waals surface area contributed by atoms with Gasteiger partial charge in [0.15, 0.2) is 0 Å². The van der Waals surface area contributed by atoms with E-state index < -0.39 is 0 Å². The normalized spacial score (nSPS) is 13.1. The first-order chi connectivity index (χ1) is 7.81. The van der Waals surface area contributed by atoms with Crippen LogP contribution in [0.4, 0.5) is 5.69 Å². The number of hydrogen-bond acceptors (Lipinski definition) is 3. The summed E-state index contributed by atoms with van der Waals surface area (Å²) in [4.78, 5) is 11.0. The first-order valence-corrected chi connectivity index (χ1v) is 5.57. The third-order valence-electron chi connectivity index (χ3n) is 2.81. The SMILES string of the molecule is CNC(=O)CNCc1cccc2c1NCC2. The van der Waals surface area contributed by atoms with E-state index >= 15 is 0 Å². The highest BCUT2D eigenvalue weighted by Crippen LogP contribution is 2.25. The molecule has 1 aromatic rings. The fourth-order valence-electron chi connectivity index (χ4n) is 1.96. The lowest BCUT2D eigenvalue weighted by molar-refractivity contribution is -0.119. The quantitative estimate of drug-likeness (QED) is 0.691. The molecule has 0 saturated carbocycles. The average Bonchev–Trinajstić information content (AvgIpc) is 2.77. The number of likely N-dealkylation sites (N-methyl/N-ethyl adjacent to an activating group) is 1. The van der Waals surface area contributed by atoms with Crippen molar-refractivity contribution in [2.45, 2.75) is 13.0 Å². The predicted octanol–water partition coefficient (Wildman–Crippen LogP) is 0.490. The summed E-state index contributed by atoms with van der Waals surface area (Å²) < 4.78 is 0. The van der Waals surface area contributed by atoms with Crippen LogP contribution in [-0.4, -0.2) is 26.0 Å². The van der Waals surface area contributed by atoms with E-state index in [0.29, 0.717) is 6.54 Å². The van der Waals surface area contributed by atoms with Gasteiger partial charge in [-0.1, -0.05) is 18.2 Å². The van der Waals surface area contributed by atoms with Gasteiger partial charge in [-0.15, -0.1) is 0 Å². The molecule has 0 radical (unpaired) electrons. The van der Waals surface area contributed by atoms with Crippen molar-refractivity contribution in [3.63, 3.8) is 0 Å². The Hall–Kier alpha value is -1.55. The van der Waals surface area contributed by atoms with E-state index in [0.717, 1.165) is 19.5 Å². The number of nitrogens with one attached hydrogen (secondary N) is 3. The van der Waals surface area contributed by atoms with Crippen LogP contribution < -0.4 is 16.0 Å². The number of para-hydroxylation sites is 1. The molecule has 86 valence electrons. The number of amides is 1. The van der Waals surface area contributed by atoms with Gasteiger partial charge < -0.3 is 16.0 Å². The van der Waals surface area contributed by atoms with Gasteiger partial charge in [0.05, 0.1) is 6.54 Å². The van der Waals surface area contributed by atoms with Gasteiger partial charge in [-0.05, 0) is 17.5 Å². The lowest BCUT2D eigenvalue weighted by Crippen LogP contribution is -2.31. The van der Waals surface area contributed by atoms with Gasteiger partial charge in [-0.2, -0.15) is 0 Å². The molecule has 0 unspecified atom stereocenters. The van der Waals surface area contributed by atoms with Crippen LogP contribution in [0.2, 0.25) is 0 Å². The van der Waals surface area contributed by atoms with E-state index in [1.807, 2.05) is 0 Å². The molecule has 1 aliphatic heterocycles. The van der Waals surface area contributed by atoms with Crippen LogP contribution in [0, 0.1) is 0 Å². The van der Waals surface area contributed by atoms with Crippen molar-refractivity contribution >= 4 is 11.6 Å². The average molecular weight is 219 g/mol. The van der Waals surface area contributed by atoms with E-state index in [1.165, 1.54) is 16.8 Å². The van der Waals surface area contributed by atoms with Crippen molar-refractivity contribution in [2.75, 3.05) is 25.5 Å². The van der Waals surface area contributed by atoms with Gasteiger partial charge >= 0.3 is 0 Å². The molecule has 3 N–H and O–H groups in total. The zero-order chi connectivity index (χ0) is 11.4. The number of carbonyl (C=O) groups excluding carboxylic acids is 1. The van der Waals surface area contributed by atoms with E-state index in [9.17, 15) is 4.79 Å². The Kier molecular flexibility index (Phi) is 3.41. The maximum atomic E-state index is 11.0. The van der Waals surface area contributed by atoms with Crippen LogP contribution in [0.3, 0.4) is 0 Å². The molecule has 0 spiro atoms. The second kappa shape index (κ2) is 4.99. The molecule has 1 amide bonds. The van der Waals surface area contributed by atoms with Gasteiger partial charge in [0.1, 0.15) is 0 Å². The number of hydrogen-bond donors (Lipinski definition) is 3. The van der Waals surface area contributed by atoms with Crippen molar-refractivity contribution in [3.05, 3.63) is 29.3 Å². The van der Waals surface area contributed by atoms with Crippen molar-refractivity contribution in [3.8, 4) is 0 Å². The Morgan fingerprint density at radius 3 is 3.19 bits per heavy atom. The number of anilines is 1.